The van der Waals surface area contributed by atoms with Gasteiger partial charge in [0.05, 0.1) is 43.5 Å². The van der Waals surface area contributed by atoms with Gasteiger partial charge in [-0.2, -0.15) is 5.10 Å². The fourth-order valence-electron chi connectivity index (χ4n) is 4.50. The second-order valence-electron chi connectivity index (χ2n) is 8.69. The highest BCUT2D eigenvalue weighted by Crippen LogP contribution is 2.43. The van der Waals surface area contributed by atoms with Crippen LogP contribution in [0.25, 0.3) is 11.3 Å². The molecule has 1 atom stereocenters. The molecular formula is C26H22F2N5O5S-. The van der Waals surface area contributed by atoms with E-state index in [4.69, 9.17) is 9.47 Å². The Kier molecular flexibility index (Phi) is 6.78. The number of hydrogen-bond donors (Lipinski definition) is 0. The molecule has 0 N–H and O–H groups in total. The summed E-state index contributed by atoms with van der Waals surface area (Å²) in [5, 5.41) is 4.34. The van der Waals surface area contributed by atoms with Gasteiger partial charge in [0.25, 0.3) is 0 Å². The van der Waals surface area contributed by atoms with E-state index in [1.807, 2.05) is 6.92 Å². The van der Waals surface area contributed by atoms with Crippen molar-refractivity contribution in [2.45, 2.75) is 18.4 Å². The van der Waals surface area contributed by atoms with Gasteiger partial charge in [-0.1, -0.05) is 0 Å². The number of ether oxygens (including phenoxy) is 2. The van der Waals surface area contributed by atoms with Gasteiger partial charge in [0.1, 0.15) is 5.69 Å². The van der Waals surface area contributed by atoms with E-state index in [0.29, 0.717) is 16.9 Å². The monoisotopic (exact) mass is 554 g/mol. The van der Waals surface area contributed by atoms with Crippen molar-refractivity contribution in [3.8, 4) is 22.8 Å². The lowest BCUT2D eigenvalue weighted by molar-refractivity contribution is 0.251. The number of anilines is 3. The number of amides is 2. The lowest BCUT2D eigenvalue weighted by Gasteiger charge is -2.37. The van der Waals surface area contributed by atoms with Crippen molar-refractivity contribution in [2.75, 3.05) is 24.0 Å². The molecule has 1 aliphatic heterocycles. The molecule has 1 aliphatic rings. The second-order valence-corrected chi connectivity index (χ2v) is 9.63. The first-order chi connectivity index (χ1) is 18.6. The SMILES string of the molecule is COc1cc(OC)c(F)c(N2Cc3cnc(-c4cn(C)nc4C)cc3N(c3ccc(S(=O)[O-])cc3)C2=O)c1F. The molecule has 2 aromatic carbocycles. The zero-order chi connectivity index (χ0) is 28.0. The van der Waals surface area contributed by atoms with Gasteiger partial charge in [0.15, 0.2) is 23.1 Å². The Balaban J connectivity index is 1.71. The van der Waals surface area contributed by atoms with Gasteiger partial charge in [-0.15, -0.1) is 0 Å². The molecule has 0 radical (unpaired) electrons. The Morgan fingerprint density at radius 2 is 1.69 bits per heavy atom. The number of urea groups is 1. The predicted molar refractivity (Wildman–Crippen MR) is 138 cm³/mol. The average Bonchev–Trinajstić information content (AvgIpc) is 3.26. The fraction of sp³-hybridized carbons (Fsp3) is 0.192. The largest absolute Gasteiger partial charge is 0.768 e. The summed E-state index contributed by atoms with van der Waals surface area (Å²) in [6, 6.07) is 7.48. The maximum Gasteiger partial charge on any atom is 0.334 e. The van der Waals surface area contributed by atoms with Crippen LogP contribution in [0, 0.1) is 18.6 Å². The van der Waals surface area contributed by atoms with Gasteiger partial charge in [-0.05, 0) is 48.3 Å². The minimum Gasteiger partial charge on any atom is -0.768 e. The number of benzene rings is 2. The van der Waals surface area contributed by atoms with Crippen LogP contribution in [0.3, 0.4) is 0 Å². The number of carbonyl (C=O) groups is 1. The first-order valence-electron chi connectivity index (χ1n) is 11.5. The summed E-state index contributed by atoms with van der Waals surface area (Å²) in [4.78, 5) is 20.7. The quantitative estimate of drug-likeness (QED) is 0.320. The number of fused-ring (bicyclic) bond motifs is 1. The number of rotatable bonds is 6. The molecule has 10 nitrogen and oxygen atoms in total. The highest BCUT2D eigenvalue weighted by molar-refractivity contribution is 7.79. The van der Waals surface area contributed by atoms with Gasteiger partial charge in [-0.3, -0.25) is 23.7 Å². The maximum absolute atomic E-state index is 15.5. The van der Waals surface area contributed by atoms with E-state index in [1.165, 1.54) is 49.6 Å². The number of nitrogens with zero attached hydrogens (tertiary/aromatic N) is 5. The number of methoxy groups -OCH3 is 2. The summed E-state index contributed by atoms with van der Waals surface area (Å²) in [6.45, 7) is 1.61. The first kappa shape index (κ1) is 26.3. The van der Waals surface area contributed by atoms with Crippen LogP contribution in [0.4, 0.5) is 30.6 Å². The molecule has 5 rings (SSSR count). The minimum absolute atomic E-state index is 0.0105. The first-order valence-corrected chi connectivity index (χ1v) is 12.6. The van der Waals surface area contributed by atoms with Crippen LogP contribution in [0.2, 0.25) is 0 Å². The molecule has 2 amide bonds. The van der Waals surface area contributed by atoms with E-state index < -0.39 is 34.4 Å². The Morgan fingerprint density at radius 3 is 2.23 bits per heavy atom. The molecule has 2 aromatic heterocycles. The molecule has 1 unspecified atom stereocenters. The molecule has 39 heavy (non-hydrogen) atoms. The van der Waals surface area contributed by atoms with E-state index in [9.17, 15) is 13.6 Å². The average molecular weight is 555 g/mol. The zero-order valence-electron chi connectivity index (χ0n) is 21.3. The maximum atomic E-state index is 15.5. The summed E-state index contributed by atoms with van der Waals surface area (Å²) in [7, 11) is 4.20. The number of aryl methyl sites for hydroxylation is 2. The molecule has 202 valence electrons. The third-order valence-electron chi connectivity index (χ3n) is 6.35. The zero-order valence-corrected chi connectivity index (χ0v) is 22.1. The third kappa shape index (κ3) is 4.49. The van der Waals surface area contributed by atoms with Crippen LogP contribution in [-0.2, 0) is 24.7 Å². The molecule has 0 spiro atoms. The number of halogens is 2. The minimum atomic E-state index is -2.49. The summed E-state index contributed by atoms with van der Waals surface area (Å²) < 4.78 is 65.5. The van der Waals surface area contributed by atoms with Crippen molar-refractivity contribution in [3.05, 3.63) is 71.7 Å². The topological polar surface area (TPSA) is 113 Å². The Labute approximate surface area is 224 Å². The van der Waals surface area contributed by atoms with Gasteiger partial charge in [0.2, 0.25) is 0 Å². The van der Waals surface area contributed by atoms with Crippen molar-refractivity contribution >= 4 is 34.2 Å². The molecule has 0 aliphatic carbocycles. The molecular weight excluding hydrogens is 532 g/mol. The van der Waals surface area contributed by atoms with Crippen LogP contribution in [-0.4, -0.2) is 43.8 Å². The summed E-state index contributed by atoms with van der Waals surface area (Å²) >= 11 is -2.49. The number of carbonyl (C=O) groups excluding carboxylic acids is 1. The van der Waals surface area contributed by atoms with Gasteiger partial charge >= 0.3 is 6.03 Å². The van der Waals surface area contributed by atoms with Crippen molar-refractivity contribution in [1.29, 1.82) is 0 Å². The Hall–Kier alpha value is -4.36. The normalized spacial score (nSPS) is 13.9. The van der Waals surface area contributed by atoms with E-state index in [-0.39, 0.29) is 28.6 Å². The van der Waals surface area contributed by atoms with Crippen molar-refractivity contribution < 1.29 is 31.8 Å². The Morgan fingerprint density at radius 1 is 1.05 bits per heavy atom. The lowest BCUT2D eigenvalue weighted by atomic mass is 10.1. The molecule has 3 heterocycles. The van der Waals surface area contributed by atoms with Crippen LogP contribution in [0.5, 0.6) is 11.5 Å². The predicted octanol–water partition coefficient (Wildman–Crippen LogP) is 4.60. The summed E-state index contributed by atoms with van der Waals surface area (Å²) in [5.74, 6) is -2.78. The van der Waals surface area contributed by atoms with E-state index in [0.717, 1.165) is 22.2 Å². The smallest absolute Gasteiger partial charge is 0.334 e. The second kappa shape index (κ2) is 10.1. The highest BCUT2D eigenvalue weighted by Gasteiger charge is 2.37. The molecule has 0 fully saturated rings. The number of hydrogen-bond acceptors (Lipinski definition) is 7. The molecule has 4 aromatic rings. The summed E-state index contributed by atoms with van der Waals surface area (Å²) in [6.07, 6.45) is 3.31. The van der Waals surface area contributed by atoms with Crippen LogP contribution >= 0.6 is 0 Å². The van der Waals surface area contributed by atoms with Crippen LogP contribution in [0.15, 0.2) is 53.7 Å². The number of aromatic nitrogens is 3. The fourth-order valence-corrected chi connectivity index (χ4v) is 4.86. The van der Waals surface area contributed by atoms with Gasteiger partial charge in [0, 0.05) is 41.5 Å². The van der Waals surface area contributed by atoms with Crippen molar-refractivity contribution in [3.63, 3.8) is 0 Å². The molecule has 0 saturated heterocycles. The standard InChI is InChI=1S/C26H23F2N5O5S/c1-14-18(13-31(2)30-14)19-9-20-15(11-29-19)12-32(25-23(27)21(37-3)10-22(38-4)24(25)28)26(34)33(20)16-5-7-17(8-6-16)39(35)36/h5-11,13H,12H2,1-4H3,(H,35,36)/p-1. The van der Waals surface area contributed by atoms with Crippen LogP contribution < -0.4 is 19.3 Å². The van der Waals surface area contributed by atoms with E-state index >= 15 is 8.78 Å². The van der Waals surface area contributed by atoms with Crippen molar-refractivity contribution in [2.24, 2.45) is 7.05 Å². The molecule has 0 saturated carbocycles. The van der Waals surface area contributed by atoms with E-state index in [2.05, 4.69) is 10.1 Å². The summed E-state index contributed by atoms with van der Waals surface area (Å²) in [5.41, 5.74) is 2.50. The van der Waals surface area contributed by atoms with Gasteiger partial charge < -0.3 is 14.0 Å². The van der Waals surface area contributed by atoms with Crippen molar-refractivity contribution in [1.82, 2.24) is 14.8 Å². The third-order valence-corrected chi connectivity index (χ3v) is 7.01. The van der Waals surface area contributed by atoms with Gasteiger partial charge in [-0.25, -0.2) is 13.6 Å². The lowest BCUT2D eigenvalue weighted by Crippen LogP contribution is -2.45. The van der Waals surface area contributed by atoms with E-state index in [1.54, 1.807) is 24.0 Å². The molecule has 13 heteroatoms. The molecule has 0 bridgehead atoms. The van der Waals surface area contributed by atoms with Crippen LogP contribution in [0.1, 0.15) is 11.3 Å². The Bertz CT molecular complexity index is 1600. The number of pyridine rings is 1. The highest BCUT2D eigenvalue weighted by atomic mass is 32.2.